The number of aliphatic hydroxyl groups is 1. The van der Waals surface area contributed by atoms with Crippen LogP contribution in [-0.2, 0) is 19.3 Å². The molecule has 1 N–H and O–H groups in total. The minimum atomic E-state index is -0.230. The van der Waals surface area contributed by atoms with E-state index < -0.39 is 0 Å². The molecule has 2 atom stereocenters. The summed E-state index contributed by atoms with van der Waals surface area (Å²) in [6.07, 6.45) is 2.99. The molecule has 0 heterocycles. The van der Waals surface area contributed by atoms with Crippen LogP contribution in [0, 0.1) is 5.92 Å². The summed E-state index contributed by atoms with van der Waals surface area (Å²) in [7, 11) is 0. The molecule has 0 saturated carbocycles. The average molecular weight is 190 g/mol. The third-order valence-corrected chi connectivity index (χ3v) is 2.94. The Morgan fingerprint density at radius 1 is 1.36 bits per heavy atom. The molecule has 14 heavy (non-hydrogen) atoms. The fraction of sp³-hybridized carbons (Fsp3) is 0.538. The van der Waals surface area contributed by atoms with Gasteiger partial charge in [-0.25, -0.2) is 0 Å². The molecular formula is C13H18O. The van der Waals surface area contributed by atoms with E-state index >= 15 is 0 Å². The van der Waals surface area contributed by atoms with E-state index in [0.717, 1.165) is 12.3 Å². The van der Waals surface area contributed by atoms with Gasteiger partial charge in [0.15, 0.2) is 0 Å². The Balaban J connectivity index is 2.20. The molecule has 0 fully saturated rings. The molecule has 76 valence electrons. The molecule has 0 aromatic heterocycles. The van der Waals surface area contributed by atoms with Gasteiger partial charge < -0.3 is 5.11 Å². The van der Waals surface area contributed by atoms with Gasteiger partial charge in [-0.05, 0) is 48.8 Å². The number of fused-ring (bicyclic) bond motifs is 1. The normalized spacial score (nSPS) is 22.1. The molecule has 1 heteroatoms. The largest absolute Gasteiger partial charge is 0.393 e. The smallest absolute Gasteiger partial charge is 0.0552 e. The van der Waals surface area contributed by atoms with Gasteiger partial charge in [-0.1, -0.05) is 25.1 Å². The fourth-order valence-electron chi connectivity index (χ4n) is 2.36. The van der Waals surface area contributed by atoms with E-state index in [0.29, 0.717) is 0 Å². The lowest BCUT2D eigenvalue weighted by Gasteiger charge is -2.06. The third kappa shape index (κ3) is 1.98. The van der Waals surface area contributed by atoms with Gasteiger partial charge in [0.1, 0.15) is 0 Å². The van der Waals surface area contributed by atoms with Crippen molar-refractivity contribution in [2.75, 3.05) is 0 Å². The van der Waals surface area contributed by atoms with Crippen LogP contribution >= 0.6 is 0 Å². The van der Waals surface area contributed by atoms with Gasteiger partial charge in [-0.3, -0.25) is 0 Å². The first-order valence-electron chi connectivity index (χ1n) is 5.44. The summed E-state index contributed by atoms with van der Waals surface area (Å²) in [6, 6.07) is 6.66. The second-order valence-corrected chi connectivity index (χ2v) is 4.67. The molecule has 1 aromatic rings. The van der Waals surface area contributed by atoms with Crippen LogP contribution in [0.2, 0.25) is 0 Å². The molecule has 1 aromatic carbocycles. The van der Waals surface area contributed by atoms with Crippen molar-refractivity contribution in [3.05, 3.63) is 34.9 Å². The third-order valence-electron chi connectivity index (χ3n) is 2.94. The Labute approximate surface area is 85.8 Å². The second-order valence-electron chi connectivity index (χ2n) is 4.67. The molecule has 2 rings (SSSR count). The van der Waals surface area contributed by atoms with Crippen molar-refractivity contribution in [2.24, 2.45) is 5.92 Å². The predicted octanol–water partition coefficient (Wildman–Crippen LogP) is 2.34. The van der Waals surface area contributed by atoms with Gasteiger partial charge >= 0.3 is 0 Å². The molecule has 0 spiro atoms. The van der Waals surface area contributed by atoms with Gasteiger partial charge in [0, 0.05) is 0 Å². The van der Waals surface area contributed by atoms with Crippen LogP contribution in [0.1, 0.15) is 30.5 Å². The minimum absolute atomic E-state index is 0.230. The van der Waals surface area contributed by atoms with E-state index in [-0.39, 0.29) is 6.10 Å². The molecule has 1 aliphatic carbocycles. The average Bonchev–Trinajstić information content (AvgIpc) is 2.42. The van der Waals surface area contributed by atoms with E-state index in [2.05, 4.69) is 25.1 Å². The molecule has 2 unspecified atom stereocenters. The highest BCUT2D eigenvalue weighted by Gasteiger charge is 2.17. The predicted molar refractivity (Wildman–Crippen MR) is 58.4 cm³/mol. The standard InChI is InChI=1S/C13H18O/c1-9-5-12-4-3-11(7-10(2)14)8-13(12)6-9/h3-4,8-10,14H,5-7H2,1-2H3. The Morgan fingerprint density at radius 3 is 2.79 bits per heavy atom. The van der Waals surface area contributed by atoms with Crippen LogP contribution in [-0.4, -0.2) is 11.2 Å². The maximum atomic E-state index is 9.31. The van der Waals surface area contributed by atoms with Crippen LogP contribution in [0.5, 0.6) is 0 Å². The summed E-state index contributed by atoms with van der Waals surface area (Å²) in [5.74, 6) is 0.798. The highest BCUT2D eigenvalue weighted by Crippen LogP contribution is 2.27. The molecule has 0 aliphatic heterocycles. The lowest BCUT2D eigenvalue weighted by atomic mass is 10.0. The molecule has 1 aliphatic rings. The topological polar surface area (TPSA) is 20.2 Å². The quantitative estimate of drug-likeness (QED) is 0.759. The highest BCUT2D eigenvalue weighted by molar-refractivity contribution is 5.36. The summed E-state index contributed by atoms with van der Waals surface area (Å²) in [5, 5.41) is 9.31. The zero-order chi connectivity index (χ0) is 10.1. The van der Waals surface area contributed by atoms with Gasteiger partial charge in [0.2, 0.25) is 0 Å². The van der Waals surface area contributed by atoms with Gasteiger partial charge in [-0.2, -0.15) is 0 Å². The van der Waals surface area contributed by atoms with E-state index in [1.807, 2.05) is 6.92 Å². The van der Waals surface area contributed by atoms with Crippen molar-refractivity contribution < 1.29 is 5.11 Å². The van der Waals surface area contributed by atoms with Crippen molar-refractivity contribution in [3.63, 3.8) is 0 Å². The van der Waals surface area contributed by atoms with Crippen molar-refractivity contribution in [2.45, 2.75) is 39.2 Å². The van der Waals surface area contributed by atoms with E-state index in [1.54, 1.807) is 0 Å². The molecule has 0 saturated heterocycles. The first-order chi connectivity index (χ1) is 6.65. The minimum Gasteiger partial charge on any atom is -0.393 e. The number of hydrogen-bond donors (Lipinski definition) is 1. The summed E-state index contributed by atoms with van der Waals surface area (Å²) >= 11 is 0. The zero-order valence-corrected chi connectivity index (χ0v) is 8.96. The van der Waals surface area contributed by atoms with Gasteiger partial charge in [0.05, 0.1) is 6.10 Å². The second kappa shape index (κ2) is 3.74. The molecule has 1 nitrogen and oxygen atoms in total. The zero-order valence-electron chi connectivity index (χ0n) is 8.96. The molecular weight excluding hydrogens is 172 g/mol. The number of rotatable bonds is 2. The molecule has 0 bridgehead atoms. The number of hydrogen-bond acceptors (Lipinski definition) is 1. The van der Waals surface area contributed by atoms with Gasteiger partial charge in [0.25, 0.3) is 0 Å². The Morgan fingerprint density at radius 2 is 2.07 bits per heavy atom. The maximum Gasteiger partial charge on any atom is 0.0552 e. The lowest BCUT2D eigenvalue weighted by molar-refractivity contribution is 0.195. The van der Waals surface area contributed by atoms with E-state index in [1.165, 1.54) is 29.5 Å². The summed E-state index contributed by atoms with van der Waals surface area (Å²) in [4.78, 5) is 0. The summed E-state index contributed by atoms with van der Waals surface area (Å²) in [5.41, 5.74) is 4.27. The first-order valence-corrected chi connectivity index (χ1v) is 5.44. The molecule has 0 radical (unpaired) electrons. The van der Waals surface area contributed by atoms with Crippen molar-refractivity contribution in [1.29, 1.82) is 0 Å². The van der Waals surface area contributed by atoms with E-state index in [9.17, 15) is 5.11 Å². The van der Waals surface area contributed by atoms with Crippen molar-refractivity contribution in [1.82, 2.24) is 0 Å². The SMILES string of the molecule is CC(O)Cc1ccc2c(c1)CC(C)C2. The summed E-state index contributed by atoms with van der Waals surface area (Å²) < 4.78 is 0. The Kier molecular flexibility index (Phi) is 2.60. The summed E-state index contributed by atoms with van der Waals surface area (Å²) in [6.45, 7) is 4.14. The van der Waals surface area contributed by atoms with Crippen LogP contribution in [0.4, 0.5) is 0 Å². The monoisotopic (exact) mass is 190 g/mol. The first kappa shape index (κ1) is 9.72. The Hall–Kier alpha value is -0.820. The van der Waals surface area contributed by atoms with Crippen molar-refractivity contribution in [3.8, 4) is 0 Å². The van der Waals surface area contributed by atoms with Crippen LogP contribution in [0.15, 0.2) is 18.2 Å². The van der Waals surface area contributed by atoms with Crippen molar-refractivity contribution >= 4 is 0 Å². The number of benzene rings is 1. The maximum absolute atomic E-state index is 9.31. The number of aliphatic hydroxyl groups excluding tert-OH is 1. The highest BCUT2D eigenvalue weighted by atomic mass is 16.3. The van der Waals surface area contributed by atoms with Gasteiger partial charge in [-0.15, -0.1) is 0 Å². The van der Waals surface area contributed by atoms with Crippen LogP contribution < -0.4 is 0 Å². The lowest BCUT2D eigenvalue weighted by Crippen LogP contribution is -2.04. The Bertz CT molecular complexity index is 328. The van der Waals surface area contributed by atoms with Crippen LogP contribution in [0.3, 0.4) is 0 Å². The van der Waals surface area contributed by atoms with E-state index in [4.69, 9.17) is 0 Å². The molecule has 0 amide bonds. The fourth-order valence-corrected chi connectivity index (χ4v) is 2.36. The van der Waals surface area contributed by atoms with Crippen LogP contribution in [0.25, 0.3) is 0 Å².